The van der Waals surface area contributed by atoms with Crippen LogP contribution in [0.2, 0.25) is 0 Å². The Balaban J connectivity index is 2.21. The van der Waals surface area contributed by atoms with Gasteiger partial charge >= 0.3 is 5.97 Å². The molecule has 4 nitrogen and oxygen atoms in total. The molecule has 1 aliphatic heterocycles. The molecule has 0 bridgehead atoms. The lowest BCUT2D eigenvalue weighted by Gasteiger charge is -2.29. The van der Waals surface area contributed by atoms with Crippen molar-refractivity contribution in [3.05, 3.63) is 24.0 Å². The Hall–Kier alpha value is -1.29. The van der Waals surface area contributed by atoms with Crippen LogP contribution in [0.15, 0.2) is 18.3 Å². The summed E-state index contributed by atoms with van der Waals surface area (Å²) >= 11 is 0. The average molecular weight is 209 g/mol. The van der Waals surface area contributed by atoms with E-state index >= 15 is 0 Å². The summed E-state index contributed by atoms with van der Waals surface area (Å²) in [5.74, 6) is -0.862. The van der Waals surface area contributed by atoms with E-state index in [1.165, 1.54) is 0 Å². The Kier molecular flexibility index (Phi) is 2.77. The van der Waals surface area contributed by atoms with Gasteiger partial charge in [0.2, 0.25) is 0 Å². The summed E-state index contributed by atoms with van der Waals surface area (Å²) in [5.41, 5.74) is 0.370. The van der Waals surface area contributed by atoms with Crippen LogP contribution in [0.25, 0.3) is 0 Å². The topological polar surface area (TPSA) is 51.5 Å². The standard InChI is InChI=1S/C11H15NO3/c1-8-7-9(4-6-15-8)12-5-2-3-10(12)11(13)14/h2-3,5,8-9H,4,6-7H2,1H3,(H,13,14). The zero-order valence-electron chi connectivity index (χ0n) is 8.72. The van der Waals surface area contributed by atoms with Crippen LogP contribution in [0.4, 0.5) is 0 Å². The summed E-state index contributed by atoms with van der Waals surface area (Å²) < 4.78 is 7.29. The van der Waals surface area contributed by atoms with E-state index in [2.05, 4.69) is 0 Å². The second kappa shape index (κ2) is 4.06. The molecule has 1 N–H and O–H groups in total. The molecule has 0 radical (unpaired) electrons. The minimum absolute atomic E-state index is 0.216. The molecule has 82 valence electrons. The molecule has 1 fully saturated rings. The maximum atomic E-state index is 11.0. The normalized spacial score (nSPS) is 26.5. The smallest absolute Gasteiger partial charge is 0.352 e. The van der Waals surface area contributed by atoms with Crippen molar-refractivity contribution in [1.82, 2.24) is 4.57 Å². The van der Waals surface area contributed by atoms with Gasteiger partial charge in [0.25, 0.3) is 0 Å². The lowest BCUT2D eigenvalue weighted by molar-refractivity contribution is 0.00512. The molecule has 15 heavy (non-hydrogen) atoms. The largest absolute Gasteiger partial charge is 0.477 e. The van der Waals surface area contributed by atoms with E-state index in [-0.39, 0.29) is 12.1 Å². The van der Waals surface area contributed by atoms with Gasteiger partial charge in [0, 0.05) is 18.8 Å². The van der Waals surface area contributed by atoms with Gasteiger partial charge in [0.05, 0.1) is 6.10 Å². The molecular weight excluding hydrogens is 194 g/mol. The fraction of sp³-hybridized carbons (Fsp3) is 0.545. The van der Waals surface area contributed by atoms with E-state index in [9.17, 15) is 4.79 Å². The molecule has 1 aromatic heterocycles. The van der Waals surface area contributed by atoms with Gasteiger partial charge in [-0.2, -0.15) is 0 Å². The Morgan fingerprint density at radius 2 is 2.47 bits per heavy atom. The van der Waals surface area contributed by atoms with Gasteiger partial charge in [0.15, 0.2) is 0 Å². The van der Waals surface area contributed by atoms with Gasteiger partial charge in [-0.15, -0.1) is 0 Å². The minimum Gasteiger partial charge on any atom is -0.477 e. The van der Waals surface area contributed by atoms with Crippen molar-refractivity contribution in [3.63, 3.8) is 0 Å². The van der Waals surface area contributed by atoms with Crippen LogP contribution in [-0.2, 0) is 4.74 Å². The van der Waals surface area contributed by atoms with E-state index in [0.717, 1.165) is 12.8 Å². The maximum Gasteiger partial charge on any atom is 0.352 e. The number of carboxylic acid groups (broad SMARTS) is 1. The number of ether oxygens (including phenoxy) is 1. The summed E-state index contributed by atoms with van der Waals surface area (Å²) in [7, 11) is 0. The Bertz CT molecular complexity index is 358. The number of carbonyl (C=O) groups is 1. The predicted octanol–water partition coefficient (Wildman–Crippen LogP) is 1.93. The maximum absolute atomic E-state index is 11.0. The number of rotatable bonds is 2. The van der Waals surface area contributed by atoms with Crippen molar-refractivity contribution < 1.29 is 14.6 Å². The Morgan fingerprint density at radius 3 is 3.13 bits per heavy atom. The summed E-state index contributed by atoms with van der Waals surface area (Å²) in [6, 6.07) is 3.68. The molecule has 2 unspecified atom stereocenters. The molecule has 1 aliphatic rings. The first-order valence-corrected chi connectivity index (χ1v) is 5.20. The summed E-state index contributed by atoms with van der Waals surface area (Å²) in [6.07, 6.45) is 3.83. The molecule has 0 spiro atoms. The van der Waals surface area contributed by atoms with Gasteiger partial charge in [-0.05, 0) is 31.9 Å². The molecule has 0 amide bonds. The number of carboxylic acids is 1. The third-order valence-electron chi connectivity index (χ3n) is 2.85. The fourth-order valence-corrected chi connectivity index (χ4v) is 2.12. The van der Waals surface area contributed by atoms with Crippen molar-refractivity contribution in [3.8, 4) is 0 Å². The monoisotopic (exact) mass is 209 g/mol. The number of hydrogen-bond acceptors (Lipinski definition) is 2. The van der Waals surface area contributed by atoms with Gasteiger partial charge in [0.1, 0.15) is 5.69 Å². The number of aromatic nitrogens is 1. The second-order valence-electron chi connectivity index (χ2n) is 3.97. The fourth-order valence-electron chi connectivity index (χ4n) is 2.12. The molecule has 2 atom stereocenters. The SMILES string of the molecule is CC1CC(n2cccc2C(=O)O)CCO1. The van der Waals surface area contributed by atoms with E-state index in [1.807, 2.05) is 17.7 Å². The zero-order chi connectivity index (χ0) is 10.8. The first-order chi connectivity index (χ1) is 7.18. The molecule has 4 heteroatoms. The highest BCUT2D eigenvalue weighted by atomic mass is 16.5. The summed E-state index contributed by atoms with van der Waals surface area (Å²) in [4.78, 5) is 11.0. The third-order valence-corrected chi connectivity index (χ3v) is 2.85. The molecule has 0 aliphatic carbocycles. The predicted molar refractivity (Wildman–Crippen MR) is 55.1 cm³/mol. The molecule has 0 aromatic carbocycles. The molecular formula is C11H15NO3. The average Bonchev–Trinajstić information content (AvgIpc) is 2.65. The first kappa shape index (κ1) is 10.2. The first-order valence-electron chi connectivity index (χ1n) is 5.20. The highest BCUT2D eigenvalue weighted by Crippen LogP contribution is 2.26. The zero-order valence-corrected chi connectivity index (χ0v) is 8.72. The number of hydrogen-bond donors (Lipinski definition) is 1. The second-order valence-corrected chi connectivity index (χ2v) is 3.97. The van der Waals surface area contributed by atoms with Crippen molar-refractivity contribution in [2.24, 2.45) is 0 Å². The Labute approximate surface area is 88.5 Å². The highest BCUT2D eigenvalue weighted by Gasteiger charge is 2.23. The van der Waals surface area contributed by atoms with E-state index < -0.39 is 5.97 Å². The van der Waals surface area contributed by atoms with Crippen LogP contribution in [0.3, 0.4) is 0 Å². The molecule has 2 rings (SSSR count). The van der Waals surface area contributed by atoms with Crippen molar-refractivity contribution in [2.75, 3.05) is 6.61 Å². The number of aromatic carboxylic acids is 1. The summed E-state index contributed by atoms with van der Waals surface area (Å²) in [6.45, 7) is 2.74. The van der Waals surface area contributed by atoms with E-state index in [4.69, 9.17) is 9.84 Å². The van der Waals surface area contributed by atoms with E-state index in [1.54, 1.807) is 12.1 Å². The van der Waals surface area contributed by atoms with Crippen LogP contribution in [0, 0.1) is 0 Å². The van der Waals surface area contributed by atoms with Crippen LogP contribution < -0.4 is 0 Å². The highest BCUT2D eigenvalue weighted by molar-refractivity contribution is 5.85. The van der Waals surface area contributed by atoms with E-state index in [0.29, 0.717) is 12.3 Å². The lowest BCUT2D eigenvalue weighted by Crippen LogP contribution is -2.26. The van der Waals surface area contributed by atoms with Crippen LogP contribution in [0.5, 0.6) is 0 Å². The third kappa shape index (κ3) is 2.04. The lowest BCUT2D eigenvalue weighted by atomic mass is 10.0. The molecule has 1 aromatic rings. The molecule has 0 saturated carbocycles. The van der Waals surface area contributed by atoms with Gasteiger partial charge in [-0.1, -0.05) is 0 Å². The van der Waals surface area contributed by atoms with Crippen LogP contribution >= 0.6 is 0 Å². The molecule has 1 saturated heterocycles. The minimum atomic E-state index is -0.862. The molecule has 2 heterocycles. The Morgan fingerprint density at radius 1 is 1.67 bits per heavy atom. The van der Waals surface area contributed by atoms with Gasteiger partial charge in [-0.3, -0.25) is 0 Å². The van der Waals surface area contributed by atoms with Crippen LogP contribution in [-0.4, -0.2) is 28.4 Å². The van der Waals surface area contributed by atoms with Gasteiger partial charge < -0.3 is 14.4 Å². The van der Waals surface area contributed by atoms with Crippen molar-refractivity contribution in [2.45, 2.75) is 31.9 Å². The van der Waals surface area contributed by atoms with Crippen molar-refractivity contribution in [1.29, 1.82) is 0 Å². The summed E-state index contributed by atoms with van der Waals surface area (Å²) in [5, 5.41) is 9.00. The van der Waals surface area contributed by atoms with Crippen LogP contribution in [0.1, 0.15) is 36.3 Å². The quantitative estimate of drug-likeness (QED) is 0.809. The number of nitrogens with zero attached hydrogens (tertiary/aromatic N) is 1. The van der Waals surface area contributed by atoms with Gasteiger partial charge in [-0.25, -0.2) is 4.79 Å². The van der Waals surface area contributed by atoms with Crippen molar-refractivity contribution >= 4 is 5.97 Å².